The summed E-state index contributed by atoms with van der Waals surface area (Å²) in [5.74, 6) is 0.474. The molecule has 1 aromatic heterocycles. The van der Waals surface area contributed by atoms with Crippen LogP contribution >= 0.6 is 10.7 Å². The Hall–Kier alpha value is -1.47. The van der Waals surface area contributed by atoms with Gasteiger partial charge in [0.05, 0.1) is 4.90 Å². The molecule has 0 unspecified atom stereocenters. The average Bonchev–Trinajstić information content (AvgIpc) is 2.63. The third-order valence-electron chi connectivity index (χ3n) is 1.99. The molecule has 0 saturated carbocycles. The fourth-order valence-electron chi connectivity index (χ4n) is 1.26. The van der Waals surface area contributed by atoms with E-state index in [1.54, 1.807) is 19.2 Å². The Balaban J connectivity index is 2.57. The number of tetrazole rings is 1. The van der Waals surface area contributed by atoms with Gasteiger partial charge in [0.25, 0.3) is 9.05 Å². The number of rotatable bonds is 2. The number of halogens is 1. The van der Waals surface area contributed by atoms with Gasteiger partial charge in [-0.2, -0.15) is 0 Å². The van der Waals surface area contributed by atoms with E-state index in [0.717, 1.165) is 0 Å². The SMILES string of the molecule is Cn1nnnc1-c1cccc(S(=O)(=O)Cl)c1. The monoisotopic (exact) mass is 258 g/mol. The molecule has 0 saturated heterocycles. The molecule has 0 fully saturated rings. The summed E-state index contributed by atoms with van der Waals surface area (Å²) in [5, 5.41) is 10.9. The highest BCUT2D eigenvalue weighted by molar-refractivity contribution is 8.13. The molecule has 0 radical (unpaired) electrons. The summed E-state index contributed by atoms with van der Waals surface area (Å²) in [7, 11) is 3.17. The summed E-state index contributed by atoms with van der Waals surface area (Å²) in [4.78, 5) is 0.0228. The van der Waals surface area contributed by atoms with Crippen molar-refractivity contribution in [3.8, 4) is 11.4 Å². The van der Waals surface area contributed by atoms with Gasteiger partial charge in [-0.3, -0.25) is 0 Å². The molecule has 0 aliphatic rings. The van der Waals surface area contributed by atoms with Gasteiger partial charge in [-0.15, -0.1) is 5.10 Å². The van der Waals surface area contributed by atoms with Crippen LogP contribution in [0.1, 0.15) is 0 Å². The molecule has 0 spiro atoms. The molecule has 0 bridgehead atoms. The second-order valence-corrected chi connectivity index (χ2v) is 5.66. The van der Waals surface area contributed by atoms with Gasteiger partial charge in [-0.25, -0.2) is 13.1 Å². The number of hydrogen-bond acceptors (Lipinski definition) is 5. The van der Waals surface area contributed by atoms with E-state index < -0.39 is 9.05 Å². The normalized spacial score (nSPS) is 11.6. The van der Waals surface area contributed by atoms with Crippen LogP contribution in [0.25, 0.3) is 11.4 Å². The van der Waals surface area contributed by atoms with Crippen molar-refractivity contribution >= 4 is 19.7 Å². The maximum Gasteiger partial charge on any atom is 0.261 e. The fourth-order valence-corrected chi connectivity index (χ4v) is 2.06. The second-order valence-electron chi connectivity index (χ2n) is 3.09. The number of aryl methyl sites for hydroxylation is 1. The lowest BCUT2D eigenvalue weighted by Gasteiger charge is -2.00. The third kappa shape index (κ3) is 2.05. The second kappa shape index (κ2) is 3.84. The van der Waals surface area contributed by atoms with Crippen LogP contribution in [0.5, 0.6) is 0 Å². The fraction of sp³-hybridized carbons (Fsp3) is 0.125. The molecule has 8 heteroatoms. The highest BCUT2D eigenvalue weighted by atomic mass is 35.7. The molecule has 0 atom stereocenters. The Labute approximate surface area is 96.3 Å². The quantitative estimate of drug-likeness (QED) is 0.745. The minimum absolute atomic E-state index is 0.0228. The summed E-state index contributed by atoms with van der Waals surface area (Å²) >= 11 is 0. The van der Waals surface area contributed by atoms with Crippen molar-refractivity contribution in [2.45, 2.75) is 4.90 Å². The largest absolute Gasteiger partial charge is 0.261 e. The summed E-state index contributed by atoms with van der Waals surface area (Å²) < 4.78 is 23.7. The first-order valence-electron chi connectivity index (χ1n) is 4.26. The van der Waals surface area contributed by atoms with Crippen LogP contribution in [0.15, 0.2) is 29.2 Å². The first kappa shape index (κ1) is 11.0. The molecule has 1 aromatic carbocycles. The Morgan fingerprint density at radius 2 is 2.12 bits per heavy atom. The molecule has 1 heterocycles. The van der Waals surface area contributed by atoms with Gasteiger partial charge in [-0.1, -0.05) is 12.1 Å². The molecule has 16 heavy (non-hydrogen) atoms. The van der Waals surface area contributed by atoms with Crippen molar-refractivity contribution in [2.24, 2.45) is 7.05 Å². The minimum Gasteiger partial charge on any atom is -0.229 e. The molecular weight excluding hydrogens is 252 g/mol. The predicted molar refractivity (Wildman–Crippen MR) is 57.3 cm³/mol. The Kier molecular flexibility index (Phi) is 2.64. The van der Waals surface area contributed by atoms with Gasteiger partial charge in [0, 0.05) is 23.3 Å². The van der Waals surface area contributed by atoms with Crippen LogP contribution in [0, 0.1) is 0 Å². The standard InChI is InChI=1S/C8H7ClN4O2S/c1-13-8(10-11-12-13)6-3-2-4-7(5-6)16(9,14)15/h2-5H,1H3. The lowest BCUT2D eigenvalue weighted by molar-refractivity contribution is 0.609. The van der Waals surface area contributed by atoms with Gasteiger partial charge in [0.15, 0.2) is 5.82 Å². The molecule has 0 aliphatic carbocycles. The molecule has 0 N–H and O–H groups in total. The Bertz CT molecular complexity index is 622. The Morgan fingerprint density at radius 1 is 1.38 bits per heavy atom. The van der Waals surface area contributed by atoms with E-state index in [1.165, 1.54) is 16.8 Å². The maximum atomic E-state index is 11.1. The lowest BCUT2D eigenvalue weighted by Crippen LogP contribution is -1.96. The van der Waals surface area contributed by atoms with Crippen LogP contribution in [0.2, 0.25) is 0 Å². The lowest BCUT2D eigenvalue weighted by atomic mass is 10.2. The molecule has 6 nitrogen and oxygen atoms in total. The minimum atomic E-state index is -3.73. The molecule has 84 valence electrons. The van der Waals surface area contributed by atoms with Crippen LogP contribution in [-0.2, 0) is 16.1 Å². The van der Waals surface area contributed by atoms with Crippen molar-refractivity contribution in [1.82, 2.24) is 20.2 Å². The molecule has 0 amide bonds. The number of nitrogens with zero attached hydrogens (tertiary/aromatic N) is 4. The van der Waals surface area contributed by atoms with Gasteiger partial charge < -0.3 is 0 Å². The average molecular weight is 259 g/mol. The van der Waals surface area contributed by atoms with Crippen molar-refractivity contribution in [3.63, 3.8) is 0 Å². The summed E-state index contributed by atoms with van der Waals surface area (Å²) in [6, 6.07) is 6.13. The van der Waals surface area contributed by atoms with E-state index in [-0.39, 0.29) is 4.90 Å². The molecule has 2 aromatic rings. The van der Waals surface area contributed by atoms with Gasteiger partial charge in [0.2, 0.25) is 0 Å². The molecule has 2 rings (SSSR count). The topological polar surface area (TPSA) is 77.7 Å². The van der Waals surface area contributed by atoms with Crippen LogP contribution in [0.4, 0.5) is 0 Å². The molecular formula is C8H7ClN4O2S. The first-order chi connectivity index (χ1) is 7.48. The van der Waals surface area contributed by atoms with E-state index in [2.05, 4.69) is 15.5 Å². The van der Waals surface area contributed by atoms with E-state index in [4.69, 9.17) is 10.7 Å². The van der Waals surface area contributed by atoms with Crippen molar-refractivity contribution < 1.29 is 8.42 Å². The van der Waals surface area contributed by atoms with E-state index in [9.17, 15) is 8.42 Å². The van der Waals surface area contributed by atoms with Crippen molar-refractivity contribution in [3.05, 3.63) is 24.3 Å². The summed E-state index contributed by atoms with van der Waals surface area (Å²) in [6.45, 7) is 0. The van der Waals surface area contributed by atoms with Gasteiger partial charge >= 0.3 is 0 Å². The zero-order chi connectivity index (χ0) is 11.8. The number of aromatic nitrogens is 4. The Morgan fingerprint density at radius 3 is 2.69 bits per heavy atom. The van der Waals surface area contributed by atoms with Gasteiger partial charge in [0.1, 0.15) is 0 Å². The predicted octanol–water partition coefficient (Wildman–Crippen LogP) is 0.805. The van der Waals surface area contributed by atoms with E-state index in [0.29, 0.717) is 11.4 Å². The van der Waals surface area contributed by atoms with Crippen LogP contribution in [0.3, 0.4) is 0 Å². The highest BCUT2D eigenvalue weighted by Crippen LogP contribution is 2.21. The van der Waals surface area contributed by atoms with Crippen LogP contribution in [-0.4, -0.2) is 28.6 Å². The van der Waals surface area contributed by atoms with Crippen molar-refractivity contribution in [1.29, 1.82) is 0 Å². The third-order valence-corrected chi connectivity index (χ3v) is 3.35. The summed E-state index contributed by atoms with van der Waals surface area (Å²) in [6.07, 6.45) is 0. The smallest absolute Gasteiger partial charge is 0.229 e. The maximum absolute atomic E-state index is 11.1. The van der Waals surface area contributed by atoms with E-state index >= 15 is 0 Å². The zero-order valence-corrected chi connectivity index (χ0v) is 9.77. The van der Waals surface area contributed by atoms with Crippen molar-refractivity contribution in [2.75, 3.05) is 0 Å². The van der Waals surface area contributed by atoms with Gasteiger partial charge in [-0.05, 0) is 22.6 Å². The van der Waals surface area contributed by atoms with Crippen LogP contribution < -0.4 is 0 Å². The molecule has 0 aliphatic heterocycles. The highest BCUT2D eigenvalue weighted by Gasteiger charge is 2.12. The number of hydrogen-bond donors (Lipinski definition) is 0. The summed E-state index contributed by atoms with van der Waals surface area (Å²) in [5.41, 5.74) is 0.592. The number of benzene rings is 1. The van der Waals surface area contributed by atoms with E-state index in [1.807, 2.05) is 0 Å². The first-order valence-corrected chi connectivity index (χ1v) is 6.57. The zero-order valence-electron chi connectivity index (χ0n) is 8.20.